The molecule has 0 aromatic carbocycles. The summed E-state index contributed by atoms with van der Waals surface area (Å²) in [5, 5.41) is 3.00. The molecule has 0 bridgehead atoms. The third-order valence-corrected chi connectivity index (χ3v) is 4.73. The van der Waals surface area contributed by atoms with Gasteiger partial charge in [0, 0.05) is 38.6 Å². The van der Waals surface area contributed by atoms with Gasteiger partial charge in [-0.15, -0.1) is 0 Å². The number of aromatic nitrogens is 1. The highest BCUT2D eigenvalue weighted by Crippen LogP contribution is 2.16. The van der Waals surface area contributed by atoms with Gasteiger partial charge in [0.05, 0.1) is 4.90 Å². The second kappa shape index (κ2) is 7.01. The predicted octanol–water partition coefficient (Wildman–Crippen LogP) is 1.22. The molecule has 1 saturated heterocycles. The largest absolute Gasteiger partial charge is 0.381 e. The van der Waals surface area contributed by atoms with E-state index in [-0.39, 0.29) is 4.90 Å². The highest BCUT2D eigenvalue weighted by Gasteiger charge is 2.18. The summed E-state index contributed by atoms with van der Waals surface area (Å²) in [5.41, 5.74) is 0. The van der Waals surface area contributed by atoms with E-state index in [9.17, 15) is 8.42 Å². The van der Waals surface area contributed by atoms with Crippen molar-refractivity contribution in [3.8, 4) is 0 Å². The molecule has 0 saturated carbocycles. The number of nitrogens with zero attached hydrogens (tertiary/aromatic N) is 1. The SMILES string of the molecule is CCNc1cc(S(=O)(=O)NCCC2CCOC2)ccn1. The maximum Gasteiger partial charge on any atom is 0.240 e. The summed E-state index contributed by atoms with van der Waals surface area (Å²) in [6, 6.07) is 3.05. The van der Waals surface area contributed by atoms with E-state index in [1.807, 2.05) is 6.92 Å². The molecule has 112 valence electrons. The molecule has 1 fully saturated rings. The van der Waals surface area contributed by atoms with E-state index < -0.39 is 10.0 Å². The van der Waals surface area contributed by atoms with Crippen LogP contribution in [-0.4, -0.2) is 39.7 Å². The quantitative estimate of drug-likeness (QED) is 0.791. The Morgan fingerprint density at radius 1 is 1.50 bits per heavy atom. The summed E-state index contributed by atoms with van der Waals surface area (Å²) in [4.78, 5) is 4.31. The molecular weight excluding hydrogens is 278 g/mol. The Bertz CT molecular complexity index is 527. The molecule has 1 unspecified atom stereocenters. The summed E-state index contributed by atoms with van der Waals surface area (Å²) < 4.78 is 32.2. The molecule has 7 heteroatoms. The van der Waals surface area contributed by atoms with E-state index in [0.29, 0.717) is 24.8 Å². The summed E-state index contributed by atoms with van der Waals surface area (Å²) in [7, 11) is -3.46. The highest BCUT2D eigenvalue weighted by atomic mass is 32.2. The van der Waals surface area contributed by atoms with Crippen molar-refractivity contribution in [1.82, 2.24) is 9.71 Å². The van der Waals surface area contributed by atoms with Gasteiger partial charge >= 0.3 is 0 Å². The van der Waals surface area contributed by atoms with Crippen LogP contribution in [-0.2, 0) is 14.8 Å². The van der Waals surface area contributed by atoms with Gasteiger partial charge in [-0.1, -0.05) is 0 Å². The maximum absolute atomic E-state index is 12.2. The van der Waals surface area contributed by atoms with Crippen LogP contribution in [0.1, 0.15) is 19.8 Å². The summed E-state index contributed by atoms with van der Waals surface area (Å²) in [6.07, 6.45) is 3.32. The first-order valence-corrected chi connectivity index (χ1v) is 8.37. The van der Waals surface area contributed by atoms with Crippen LogP contribution in [0.3, 0.4) is 0 Å². The molecule has 0 spiro atoms. The van der Waals surface area contributed by atoms with Gasteiger partial charge in [0.1, 0.15) is 5.82 Å². The lowest BCUT2D eigenvalue weighted by Gasteiger charge is -2.10. The molecule has 0 aliphatic carbocycles. The normalized spacial score (nSPS) is 19.1. The third kappa shape index (κ3) is 4.16. The molecule has 0 amide bonds. The van der Waals surface area contributed by atoms with Crippen LogP contribution in [0.2, 0.25) is 0 Å². The zero-order chi connectivity index (χ0) is 14.4. The third-order valence-electron chi connectivity index (χ3n) is 3.27. The standard InChI is InChI=1S/C13H21N3O3S/c1-2-14-13-9-12(4-6-15-13)20(17,18)16-7-3-11-5-8-19-10-11/h4,6,9,11,16H,2-3,5,7-8,10H2,1H3,(H,14,15). The maximum atomic E-state index is 12.2. The molecule has 1 aromatic rings. The molecule has 0 radical (unpaired) electrons. The molecule has 1 aliphatic heterocycles. The minimum absolute atomic E-state index is 0.242. The van der Waals surface area contributed by atoms with E-state index in [0.717, 1.165) is 26.1 Å². The van der Waals surface area contributed by atoms with Crippen LogP contribution >= 0.6 is 0 Å². The van der Waals surface area contributed by atoms with Gasteiger partial charge in [-0.2, -0.15) is 0 Å². The zero-order valence-electron chi connectivity index (χ0n) is 11.6. The van der Waals surface area contributed by atoms with E-state index in [1.54, 1.807) is 6.07 Å². The first-order valence-electron chi connectivity index (χ1n) is 6.89. The summed E-state index contributed by atoms with van der Waals surface area (Å²) >= 11 is 0. The van der Waals surface area contributed by atoms with Gasteiger partial charge in [0.25, 0.3) is 0 Å². The van der Waals surface area contributed by atoms with Crippen molar-refractivity contribution in [2.75, 3.05) is 31.6 Å². The number of ether oxygens (including phenoxy) is 1. The van der Waals surface area contributed by atoms with Gasteiger partial charge in [-0.3, -0.25) is 0 Å². The van der Waals surface area contributed by atoms with E-state index in [4.69, 9.17) is 4.74 Å². The number of nitrogens with one attached hydrogen (secondary N) is 2. The van der Waals surface area contributed by atoms with E-state index in [2.05, 4.69) is 15.0 Å². The van der Waals surface area contributed by atoms with Gasteiger partial charge in [0.2, 0.25) is 10.0 Å². The molecule has 2 N–H and O–H groups in total. The Morgan fingerprint density at radius 3 is 3.05 bits per heavy atom. The molecule has 1 atom stereocenters. The fourth-order valence-electron chi connectivity index (χ4n) is 2.15. The number of anilines is 1. The Hall–Kier alpha value is -1.18. The molecule has 6 nitrogen and oxygen atoms in total. The van der Waals surface area contributed by atoms with Crippen LogP contribution in [0.15, 0.2) is 23.2 Å². The van der Waals surface area contributed by atoms with Gasteiger partial charge in [-0.25, -0.2) is 18.1 Å². The van der Waals surface area contributed by atoms with Crippen molar-refractivity contribution in [3.63, 3.8) is 0 Å². The molecule has 2 heterocycles. The Morgan fingerprint density at radius 2 is 2.35 bits per heavy atom. The summed E-state index contributed by atoms with van der Waals surface area (Å²) in [6.45, 7) is 4.60. The van der Waals surface area contributed by atoms with Gasteiger partial charge in [-0.05, 0) is 31.7 Å². The molecule has 20 heavy (non-hydrogen) atoms. The van der Waals surface area contributed by atoms with Crippen LogP contribution in [0.25, 0.3) is 0 Å². The van der Waals surface area contributed by atoms with E-state index >= 15 is 0 Å². The molecule has 2 rings (SSSR count). The second-order valence-electron chi connectivity index (χ2n) is 4.82. The smallest absolute Gasteiger partial charge is 0.240 e. The van der Waals surface area contributed by atoms with Crippen LogP contribution in [0.5, 0.6) is 0 Å². The van der Waals surface area contributed by atoms with Crippen molar-refractivity contribution in [2.45, 2.75) is 24.7 Å². The minimum Gasteiger partial charge on any atom is -0.381 e. The van der Waals surface area contributed by atoms with Gasteiger partial charge < -0.3 is 10.1 Å². The van der Waals surface area contributed by atoms with Crippen LogP contribution < -0.4 is 10.0 Å². The molecule has 1 aliphatic rings. The number of rotatable bonds is 7. The second-order valence-corrected chi connectivity index (χ2v) is 6.59. The van der Waals surface area contributed by atoms with Gasteiger partial charge in [0.15, 0.2) is 0 Å². The fraction of sp³-hybridized carbons (Fsp3) is 0.615. The molecule has 1 aromatic heterocycles. The van der Waals surface area contributed by atoms with Crippen molar-refractivity contribution in [1.29, 1.82) is 0 Å². The van der Waals surface area contributed by atoms with E-state index in [1.165, 1.54) is 12.3 Å². The highest BCUT2D eigenvalue weighted by molar-refractivity contribution is 7.89. The van der Waals surface area contributed by atoms with Crippen molar-refractivity contribution < 1.29 is 13.2 Å². The summed E-state index contributed by atoms with van der Waals surface area (Å²) in [5.74, 6) is 1.03. The van der Waals surface area contributed by atoms with Crippen molar-refractivity contribution in [2.24, 2.45) is 5.92 Å². The number of pyridine rings is 1. The van der Waals surface area contributed by atoms with Crippen LogP contribution in [0, 0.1) is 5.92 Å². The number of hydrogen-bond acceptors (Lipinski definition) is 5. The Balaban J connectivity index is 1.93. The first kappa shape index (κ1) is 15.2. The lowest BCUT2D eigenvalue weighted by Crippen LogP contribution is -2.26. The monoisotopic (exact) mass is 299 g/mol. The van der Waals surface area contributed by atoms with Crippen molar-refractivity contribution in [3.05, 3.63) is 18.3 Å². The zero-order valence-corrected chi connectivity index (χ0v) is 12.4. The minimum atomic E-state index is -3.46. The lowest BCUT2D eigenvalue weighted by atomic mass is 10.1. The number of hydrogen-bond donors (Lipinski definition) is 2. The Kier molecular flexibility index (Phi) is 5.33. The molecular formula is C13H21N3O3S. The number of sulfonamides is 1. The van der Waals surface area contributed by atoms with Crippen LogP contribution in [0.4, 0.5) is 5.82 Å². The lowest BCUT2D eigenvalue weighted by molar-refractivity contribution is 0.184. The Labute approximate surface area is 120 Å². The predicted molar refractivity (Wildman–Crippen MR) is 77.1 cm³/mol. The topological polar surface area (TPSA) is 80.3 Å². The fourth-order valence-corrected chi connectivity index (χ4v) is 3.21. The first-order chi connectivity index (χ1) is 9.62. The average molecular weight is 299 g/mol. The van der Waals surface area contributed by atoms with Crippen molar-refractivity contribution >= 4 is 15.8 Å². The average Bonchev–Trinajstić information content (AvgIpc) is 2.92.